The summed E-state index contributed by atoms with van der Waals surface area (Å²) in [6.45, 7) is 3.61. The quantitative estimate of drug-likeness (QED) is 0.211. The first-order valence-corrected chi connectivity index (χ1v) is 12.0. The van der Waals surface area contributed by atoms with Gasteiger partial charge in [-0.3, -0.25) is 19.7 Å². The number of carbonyl (C=O) groups is 2. The zero-order chi connectivity index (χ0) is 25.1. The summed E-state index contributed by atoms with van der Waals surface area (Å²) >= 11 is 0. The van der Waals surface area contributed by atoms with Crippen LogP contribution in [0, 0.1) is 47.6 Å². The fraction of sp³-hybridized carbons (Fsp3) is 0.200. The number of imide groups is 1. The van der Waals surface area contributed by atoms with Gasteiger partial charge in [-0.1, -0.05) is 72.8 Å². The van der Waals surface area contributed by atoms with Crippen molar-refractivity contribution >= 4 is 28.8 Å². The Kier molecular flexibility index (Phi) is 5.00. The second-order valence-electron chi connectivity index (χ2n) is 9.74. The van der Waals surface area contributed by atoms with Crippen LogP contribution in [0.25, 0.3) is 5.57 Å². The summed E-state index contributed by atoms with van der Waals surface area (Å²) in [4.78, 5) is 40.0. The van der Waals surface area contributed by atoms with Crippen LogP contribution in [0.15, 0.2) is 90.5 Å². The molecule has 2 aliphatic carbocycles. The number of anilines is 1. The molecule has 1 heterocycles. The van der Waals surface area contributed by atoms with E-state index in [9.17, 15) is 19.7 Å². The van der Waals surface area contributed by atoms with E-state index in [4.69, 9.17) is 0 Å². The third-order valence-corrected chi connectivity index (χ3v) is 7.86. The number of hydrogen-bond acceptors (Lipinski definition) is 4. The lowest BCUT2D eigenvalue weighted by Crippen LogP contribution is -2.34. The number of rotatable bonds is 4. The van der Waals surface area contributed by atoms with Gasteiger partial charge in [0.05, 0.1) is 16.8 Å². The molecule has 0 aromatic heterocycles. The Balaban J connectivity index is 1.49. The van der Waals surface area contributed by atoms with Crippen LogP contribution in [0.1, 0.15) is 22.3 Å². The van der Waals surface area contributed by atoms with Crippen molar-refractivity contribution in [1.82, 2.24) is 0 Å². The van der Waals surface area contributed by atoms with Gasteiger partial charge in [-0.15, -0.1) is 0 Å². The number of benzene rings is 3. The molecule has 3 aromatic rings. The zero-order valence-corrected chi connectivity index (χ0v) is 19.9. The topological polar surface area (TPSA) is 80.5 Å². The van der Waals surface area contributed by atoms with Crippen LogP contribution in [0.4, 0.5) is 11.4 Å². The maximum atomic E-state index is 13.8. The van der Waals surface area contributed by atoms with E-state index >= 15 is 0 Å². The van der Waals surface area contributed by atoms with Gasteiger partial charge in [0, 0.05) is 17.9 Å². The van der Waals surface area contributed by atoms with E-state index in [0.717, 1.165) is 38.3 Å². The molecule has 3 aliphatic rings. The van der Waals surface area contributed by atoms with Crippen LogP contribution in [0.3, 0.4) is 0 Å². The van der Waals surface area contributed by atoms with Crippen molar-refractivity contribution in [3.05, 3.63) is 123 Å². The second kappa shape index (κ2) is 8.12. The van der Waals surface area contributed by atoms with Gasteiger partial charge in [0.1, 0.15) is 5.69 Å². The highest BCUT2D eigenvalue weighted by atomic mass is 16.6. The Morgan fingerprint density at radius 1 is 0.778 bits per heavy atom. The minimum atomic E-state index is -0.564. The summed E-state index contributed by atoms with van der Waals surface area (Å²) in [5.74, 6) is -2.31. The molecule has 0 radical (unpaired) electrons. The van der Waals surface area contributed by atoms with Crippen molar-refractivity contribution in [2.45, 2.75) is 13.8 Å². The lowest BCUT2D eigenvalue weighted by Gasteiger charge is -2.22. The summed E-state index contributed by atoms with van der Waals surface area (Å²) in [6.07, 6.45) is 4.08. The van der Waals surface area contributed by atoms with Crippen molar-refractivity contribution < 1.29 is 14.5 Å². The highest BCUT2D eigenvalue weighted by molar-refractivity contribution is 6.24. The molecular formula is C30H24N2O4. The van der Waals surface area contributed by atoms with E-state index < -0.39 is 16.8 Å². The van der Waals surface area contributed by atoms with Gasteiger partial charge in [0.2, 0.25) is 11.8 Å². The average Bonchev–Trinajstić information content (AvgIpc) is 3.51. The molecule has 178 valence electrons. The number of nitrogens with zero attached hydrogens (tertiary/aromatic N) is 2. The Morgan fingerprint density at radius 2 is 1.25 bits per heavy atom. The largest absolute Gasteiger partial charge is 0.293 e. The van der Waals surface area contributed by atoms with Crippen molar-refractivity contribution in [2.75, 3.05) is 4.90 Å². The number of nitro benzene ring substituents is 1. The third-order valence-electron chi connectivity index (χ3n) is 7.86. The molecule has 0 N–H and O–H groups in total. The molecule has 0 spiro atoms. The van der Waals surface area contributed by atoms with Gasteiger partial charge in [0.15, 0.2) is 0 Å². The van der Waals surface area contributed by atoms with Crippen molar-refractivity contribution in [3.63, 3.8) is 0 Å². The molecule has 4 unspecified atom stereocenters. The second-order valence-corrected chi connectivity index (χ2v) is 9.74. The van der Waals surface area contributed by atoms with Gasteiger partial charge in [0.25, 0.3) is 5.69 Å². The average molecular weight is 477 g/mol. The molecule has 1 aliphatic heterocycles. The van der Waals surface area contributed by atoms with Crippen molar-refractivity contribution in [2.24, 2.45) is 23.7 Å². The van der Waals surface area contributed by atoms with Crippen LogP contribution in [-0.4, -0.2) is 16.7 Å². The van der Waals surface area contributed by atoms with Crippen LogP contribution in [0.5, 0.6) is 0 Å². The van der Waals surface area contributed by atoms with Gasteiger partial charge >= 0.3 is 0 Å². The highest BCUT2D eigenvalue weighted by Crippen LogP contribution is 2.59. The maximum absolute atomic E-state index is 13.8. The molecule has 36 heavy (non-hydrogen) atoms. The minimum absolute atomic E-state index is 0.0729. The monoisotopic (exact) mass is 476 g/mol. The SMILES string of the molecule is Cc1cc(N2C(=O)C3C4C=CC(C4=C(c4ccccc4)c4ccccc4)C3C2=O)c([N+](=O)[O-])cc1C. The minimum Gasteiger partial charge on any atom is -0.274 e. The Morgan fingerprint density at radius 3 is 1.72 bits per heavy atom. The fourth-order valence-electron chi connectivity index (χ4n) is 6.15. The van der Waals surface area contributed by atoms with Gasteiger partial charge in [-0.05, 0) is 53.3 Å². The Labute approximate surface area is 208 Å². The third kappa shape index (κ3) is 3.10. The van der Waals surface area contributed by atoms with E-state index in [0.29, 0.717) is 0 Å². The van der Waals surface area contributed by atoms with E-state index in [1.165, 1.54) is 6.07 Å². The lowest BCUT2D eigenvalue weighted by atomic mass is 9.85. The molecule has 6 heteroatoms. The van der Waals surface area contributed by atoms with Gasteiger partial charge in [-0.2, -0.15) is 0 Å². The predicted molar refractivity (Wildman–Crippen MR) is 137 cm³/mol. The van der Waals surface area contributed by atoms with Gasteiger partial charge in [-0.25, -0.2) is 4.90 Å². The van der Waals surface area contributed by atoms with Crippen LogP contribution in [0.2, 0.25) is 0 Å². The highest BCUT2D eigenvalue weighted by Gasteiger charge is 2.63. The van der Waals surface area contributed by atoms with E-state index in [1.807, 2.05) is 55.5 Å². The molecule has 2 amide bonds. The molecule has 1 saturated heterocycles. The first-order chi connectivity index (χ1) is 17.4. The van der Waals surface area contributed by atoms with E-state index in [1.54, 1.807) is 13.0 Å². The fourth-order valence-corrected chi connectivity index (χ4v) is 6.15. The molecule has 1 saturated carbocycles. The van der Waals surface area contributed by atoms with Crippen molar-refractivity contribution in [1.29, 1.82) is 0 Å². The normalized spacial score (nSPS) is 23.9. The Bertz CT molecular complexity index is 1410. The number of carbonyl (C=O) groups excluding carboxylic acids is 2. The molecule has 6 rings (SSSR count). The van der Waals surface area contributed by atoms with Crippen LogP contribution >= 0.6 is 0 Å². The van der Waals surface area contributed by atoms with Crippen LogP contribution in [-0.2, 0) is 9.59 Å². The predicted octanol–water partition coefficient (Wildman–Crippen LogP) is 5.64. The number of amides is 2. The number of hydrogen-bond donors (Lipinski definition) is 0. The number of fused-ring (bicyclic) bond motifs is 5. The molecule has 4 atom stereocenters. The summed E-state index contributed by atoms with van der Waals surface area (Å²) in [7, 11) is 0. The molecular weight excluding hydrogens is 452 g/mol. The molecule has 2 fully saturated rings. The summed E-state index contributed by atoms with van der Waals surface area (Å²) in [5, 5.41) is 11.8. The summed E-state index contributed by atoms with van der Waals surface area (Å²) in [5.41, 5.74) is 5.61. The van der Waals surface area contributed by atoms with Crippen LogP contribution < -0.4 is 4.90 Å². The number of allylic oxidation sites excluding steroid dienone is 3. The lowest BCUT2D eigenvalue weighted by molar-refractivity contribution is -0.384. The molecule has 2 bridgehead atoms. The molecule has 6 nitrogen and oxygen atoms in total. The zero-order valence-electron chi connectivity index (χ0n) is 19.9. The van der Waals surface area contributed by atoms with E-state index in [2.05, 4.69) is 24.3 Å². The number of aryl methyl sites for hydroxylation is 2. The standard InChI is InChI=1S/C30H24N2O4/c1-17-15-23(24(32(35)36)16-18(17)2)31-29(33)27-21-13-14-22(28(27)30(31)34)26(21)25(19-9-5-3-6-10-19)20-11-7-4-8-12-20/h3-16,21-22,27-28H,1-2H3. The molecule has 3 aromatic carbocycles. The maximum Gasteiger partial charge on any atom is 0.293 e. The Hall–Kier alpha value is -4.32. The van der Waals surface area contributed by atoms with E-state index in [-0.39, 0.29) is 35.0 Å². The summed E-state index contributed by atoms with van der Waals surface area (Å²) in [6, 6.07) is 23.1. The first-order valence-electron chi connectivity index (χ1n) is 12.0. The first kappa shape index (κ1) is 22.2. The summed E-state index contributed by atoms with van der Waals surface area (Å²) < 4.78 is 0. The van der Waals surface area contributed by atoms with Crippen molar-refractivity contribution in [3.8, 4) is 0 Å². The smallest absolute Gasteiger partial charge is 0.274 e. The number of nitro groups is 1. The van der Waals surface area contributed by atoms with Gasteiger partial charge < -0.3 is 0 Å².